The maximum atomic E-state index is 11.7. The van der Waals surface area contributed by atoms with Crippen molar-refractivity contribution in [2.75, 3.05) is 5.32 Å². The number of carboxylic acids is 1. The summed E-state index contributed by atoms with van der Waals surface area (Å²) in [5.41, 5.74) is 0.427. The number of anilines is 1. The Labute approximate surface area is 123 Å². The molecule has 8 heteroatoms. The summed E-state index contributed by atoms with van der Waals surface area (Å²) in [6.45, 7) is 1.75. The van der Waals surface area contributed by atoms with E-state index in [0.29, 0.717) is 12.1 Å². The Morgan fingerprint density at radius 1 is 1.29 bits per heavy atom. The van der Waals surface area contributed by atoms with E-state index in [-0.39, 0.29) is 23.6 Å². The van der Waals surface area contributed by atoms with Crippen molar-refractivity contribution in [3.63, 3.8) is 0 Å². The monoisotopic (exact) mass is 314 g/mol. The molecule has 1 aromatic rings. The van der Waals surface area contributed by atoms with Crippen LogP contribution in [0, 0.1) is 5.92 Å². The molecule has 0 heterocycles. The van der Waals surface area contributed by atoms with Crippen LogP contribution in [0.3, 0.4) is 0 Å². The van der Waals surface area contributed by atoms with E-state index in [0.717, 1.165) is 0 Å². The molecule has 0 unspecified atom stereocenters. The average molecular weight is 314 g/mol. The Balaban J connectivity index is 2.57. The van der Waals surface area contributed by atoms with Gasteiger partial charge in [-0.05, 0) is 37.1 Å². The number of benzene rings is 1. The molecular formula is C13H18N2O5S. The predicted molar refractivity (Wildman–Crippen MR) is 77.1 cm³/mol. The standard InChI is InChI=1S/C13H18N2O5S/c1-2-9(13(17)18)3-8-12(16)15-10-4-6-11(7-5-10)21(14,19)20/h4-7,9H,2-3,8H2,1H3,(H,15,16)(H,17,18)(H2,14,19,20)/t9-/m0/s1. The lowest BCUT2D eigenvalue weighted by molar-refractivity contribution is -0.142. The topological polar surface area (TPSA) is 127 Å². The van der Waals surface area contributed by atoms with Crippen LogP contribution in [-0.2, 0) is 19.6 Å². The number of sulfonamides is 1. The summed E-state index contributed by atoms with van der Waals surface area (Å²) in [7, 11) is -3.76. The fourth-order valence-corrected chi connectivity index (χ4v) is 2.27. The molecule has 0 saturated heterocycles. The molecule has 0 aliphatic rings. The lowest BCUT2D eigenvalue weighted by Gasteiger charge is -2.10. The summed E-state index contributed by atoms with van der Waals surface area (Å²) in [6, 6.07) is 5.42. The number of aliphatic carboxylic acids is 1. The van der Waals surface area contributed by atoms with Crippen LogP contribution in [0.2, 0.25) is 0 Å². The molecule has 1 rings (SSSR count). The second-order valence-corrected chi connectivity index (χ2v) is 6.16. The molecule has 1 aromatic carbocycles. The molecule has 0 radical (unpaired) electrons. The summed E-state index contributed by atoms with van der Waals surface area (Å²) < 4.78 is 22.2. The number of amides is 1. The first-order valence-electron chi connectivity index (χ1n) is 6.39. The van der Waals surface area contributed by atoms with Gasteiger partial charge in [-0.1, -0.05) is 6.92 Å². The molecule has 0 aliphatic carbocycles. The zero-order chi connectivity index (χ0) is 16.0. The van der Waals surface area contributed by atoms with Gasteiger partial charge in [0, 0.05) is 12.1 Å². The number of primary sulfonamides is 1. The van der Waals surface area contributed by atoms with Crippen molar-refractivity contribution >= 4 is 27.6 Å². The van der Waals surface area contributed by atoms with Crippen LogP contribution in [0.5, 0.6) is 0 Å². The number of hydrogen-bond donors (Lipinski definition) is 3. The Kier molecular flexibility index (Phi) is 5.86. The van der Waals surface area contributed by atoms with Crippen molar-refractivity contribution in [1.29, 1.82) is 0 Å². The van der Waals surface area contributed by atoms with E-state index in [4.69, 9.17) is 10.2 Å². The van der Waals surface area contributed by atoms with E-state index in [1.807, 2.05) is 0 Å². The number of carbonyl (C=O) groups excluding carboxylic acids is 1. The Hall–Kier alpha value is -1.93. The van der Waals surface area contributed by atoms with Gasteiger partial charge in [0.05, 0.1) is 10.8 Å². The van der Waals surface area contributed by atoms with E-state index in [9.17, 15) is 18.0 Å². The van der Waals surface area contributed by atoms with Crippen LogP contribution in [0.15, 0.2) is 29.2 Å². The molecule has 0 aliphatic heterocycles. The molecule has 0 spiro atoms. The van der Waals surface area contributed by atoms with Crippen molar-refractivity contribution in [3.05, 3.63) is 24.3 Å². The largest absolute Gasteiger partial charge is 0.481 e. The van der Waals surface area contributed by atoms with E-state index >= 15 is 0 Å². The number of rotatable bonds is 7. The third kappa shape index (κ3) is 5.52. The van der Waals surface area contributed by atoms with Gasteiger partial charge in [0.1, 0.15) is 0 Å². The van der Waals surface area contributed by atoms with Crippen LogP contribution in [0.1, 0.15) is 26.2 Å². The minimum absolute atomic E-state index is 0.0441. The molecule has 0 fully saturated rings. The van der Waals surface area contributed by atoms with Gasteiger partial charge in [-0.15, -0.1) is 0 Å². The van der Waals surface area contributed by atoms with Gasteiger partial charge < -0.3 is 10.4 Å². The lowest BCUT2D eigenvalue weighted by atomic mass is 10.0. The first kappa shape index (κ1) is 17.1. The highest BCUT2D eigenvalue weighted by molar-refractivity contribution is 7.89. The van der Waals surface area contributed by atoms with Crippen molar-refractivity contribution in [3.8, 4) is 0 Å². The van der Waals surface area contributed by atoms with Gasteiger partial charge in [0.2, 0.25) is 15.9 Å². The maximum absolute atomic E-state index is 11.7. The fraction of sp³-hybridized carbons (Fsp3) is 0.385. The zero-order valence-electron chi connectivity index (χ0n) is 11.6. The molecular weight excluding hydrogens is 296 g/mol. The van der Waals surface area contributed by atoms with Gasteiger partial charge in [-0.3, -0.25) is 9.59 Å². The van der Waals surface area contributed by atoms with E-state index in [2.05, 4.69) is 5.32 Å². The van der Waals surface area contributed by atoms with Crippen molar-refractivity contribution in [2.45, 2.75) is 31.1 Å². The SMILES string of the molecule is CC[C@@H](CCC(=O)Nc1ccc(S(N)(=O)=O)cc1)C(=O)O. The van der Waals surface area contributed by atoms with Gasteiger partial charge in [-0.25, -0.2) is 13.6 Å². The number of hydrogen-bond acceptors (Lipinski definition) is 4. The second kappa shape index (κ2) is 7.19. The number of carbonyl (C=O) groups is 2. The highest BCUT2D eigenvalue weighted by Gasteiger charge is 2.16. The molecule has 7 nitrogen and oxygen atoms in total. The summed E-state index contributed by atoms with van der Waals surface area (Å²) in [5, 5.41) is 16.4. The van der Waals surface area contributed by atoms with Crippen LogP contribution in [0.4, 0.5) is 5.69 Å². The fourth-order valence-electron chi connectivity index (χ4n) is 1.76. The molecule has 0 aromatic heterocycles. The van der Waals surface area contributed by atoms with Crippen LogP contribution in [-0.4, -0.2) is 25.4 Å². The Morgan fingerprint density at radius 3 is 2.29 bits per heavy atom. The number of nitrogens with two attached hydrogens (primary N) is 1. The first-order chi connectivity index (χ1) is 9.74. The highest BCUT2D eigenvalue weighted by atomic mass is 32.2. The smallest absolute Gasteiger partial charge is 0.306 e. The lowest BCUT2D eigenvalue weighted by Crippen LogP contribution is -2.18. The van der Waals surface area contributed by atoms with E-state index in [1.165, 1.54) is 24.3 Å². The quantitative estimate of drug-likeness (QED) is 0.696. The van der Waals surface area contributed by atoms with Crippen molar-refractivity contribution < 1.29 is 23.1 Å². The molecule has 0 saturated carbocycles. The number of nitrogens with one attached hydrogen (secondary N) is 1. The maximum Gasteiger partial charge on any atom is 0.306 e. The van der Waals surface area contributed by atoms with Crippen molar-refractivity contribution in [2.24, 2.45) is 11.1 Å². The third-order valence-electron chi connectivity index (χ3n) is 3.03. The van der Waals surface area contributed by atoms with Crippen LogP contribution >= 0.6 is 0 Å². The van der Waals surface area contributed by atoms with Gasteiger partial charge in [0.15, 0.2) is 0 Å². The van der Waals surface area contributed by atoms with E-state index in [1.54, 1.807) is 6.92 Å². The predicted octanol–water partition coefficient (Wildman–Crippen LogP) is 1.16. The molecule has 1 atom stereocenters. The second-order valence-electron chi connectivity index (χ2n) is 4.60. The minimum Gasteiger partial charge on any atom is -0.481 e. The summed E-state index contributed by atoms with van der Waals surface area (Å²) in [4.78, 5) is 22.5. The number of carboxylic acid groups (broad SMARTS) is 1. The molecule has 0 bridgehead atoms. The Morgan fingerprint density at radius 2 is 1.86 bits per heavy atom. The van der Waals surface area contributed by atoms with Gasteiger partial charge >= 0.3 is 5.97 Å². The molecule has 1 amide bonds. The van der Waals surface area contributed by atoms with Crippen LogP contribution < -0.4 is 10.5 Å². The summed E-state index contributed by atoms with van der Waals surface area (Å²) in [6.07, 6.45) is 0.806. The molecule has 21 heavy (non-hydrogen) atoms. The zero-order valence-corrected chi connectivity index (χ0v) is 12.4. The van der Waals surface area contributed by atoms with Crippen LogP contribution in [0.25, 0.3) is 0 Å². The summed E-state index contributed by atoms with van der Waals surface area (Å²) in [5.74, 6) is -1.78. The van der Waals surface area contributed by atoms with Gasteiger partial charge in [-0.2, -0.15) is 0 Å². The molecule has 4 N–H and O–H groups in total. The normalized spacial score (nSPS) is 12.7. The molecule has 116 valence electrons. The van der Waals surface area contributed by atoms with E-state index < -0.39 is 21.9 Å². The first-order valence-corrected chi connectivity index (χ1v) is 7.94. The average Bonchev–Trinajstić information content (AvgIpc) is 2.38. The third-order valence-corrected chi connectivity index (χ3v) is 3.96. The van der Waals surface area contributed by atoms with Crippen molar-refractivity contribution in [1.82, 2.24) is 0 Å². The van der Waals surface area contributed by atoms with Gasteiger partial charge in [0.25, 0.3) is 0 Å². The summed E-state index contributed by atoms with van der Waals surface area (Å²) >= 11 is 0. The Bertz CT molecular complexity index is 610. The highest BCUT2D eigenvalue weighted by Crippen LogP contribution is 2.15. The minimum atomic E-state index is -3.76.